The number of amides is 1. The maximum Gasteiger partial charge on any atom is 0.413 e. The van der Waals surface area contributed by atoms with Crippen LogP contribution in [0.25, 0.3) is 0 Å². The van der Waals surface area contributed by atoms with E-state index in [0.717, 1.165) is 44.0 Å². The molecule has 0 atom stereocenters. The predicted molar refractivity (Wildman–Crippen MR) is 146 cm³/mol. The summed E-state index contributed by atoms with van der Waals surface area (Å²) in [6, 6.07) is 10.7. The third kappa shape index (κ3) is 7.67. The molecule has 1 aromatic heterocycles. The van der Waals surface area contributed by atoms with E-state index in [2.05, 4.69) is 32.1 Å². The van der Waals surface area contributed by atoms with E-state index < -0.39 is 11.9 Å². The molecule has 2 N–H and O–H groups in total. The second-order valence-electron chi connectivity index (χ2n) is 8.96. The number of nitrogens with one attached hydrogen (secondary N) is 1. The third-order valence-electron chi connectivity index (χ3n) is 6.14. The minimum atomic E-state index is -1.23. The Morgan fingerprint density at radius 1 is 1.16 bits per heavy atom. The summed E-state index contributed by atoms with van der Waals surface area (Å²) in [5, 5.41) is 13.5. The van der Waals surface area contributed by atoms with Crippen molar-refractivity contribution < 1.29 is 19.0 Å². The molecule has 2 aromatic carbocycles. The van der Waals surface area contributed by atoms with Gasteiger partial charge in [-0.25, -0.2) is 14.2 Å². The van der Waals surface area contributed by atoms with E-state index in [1.807, 2.05) is 0 Å². The van der Waals surface area contributed by atoms with Gasteiger partial charge in [0.25, 0.3) is 0 Å². The number of carboxylic acid groups (broad SMARTS) is 1. The molecular weight excluding hydrogens is 534 g/mol. The summed E-state index contributed by atoms with van der Waals surface area (Å²) < 4.78 is 20.3. The van der Waals surface area contributed by atoms with Gasteiger partial charge in [-0.05, 0) is 55.4 Å². The van der Waals surface area contributed by atoms with Gasteiger partial charge in [0, 0.05) is 60.7 Å². The minimum absolute atomic E-state index is 0.0688. The van der Waals surface area contributed by atoms with E-state index in [-0.39, 0.29) is 24.1 Å². The lowest BCUT2D eigenvalue weighted by atomic mass is 10.2. The summed E-state index contributed by atoms with van der Waals surface area (Å²) in [5.74, 6) is -0.134. The fraction of sp³-hybridized carbons (Fsp3) is 0.346. The minimum Gasteiger partial charge on any atom is -0.490 e. The standard InChI is InChI=1S/C26H29Cl2FN6O3/c1-33-10-12-34(13-11-33)9-2-14-38-23-6-4-20(16-22(23)29)31-25-30-8-7-24(32-25)35(26(36)37)17-18-15-19(27)3-5-21(18)28/h3-8,15-16H,2,9-14,17H2,1H3,(H,36,37)(H,30,31,32). The Labute approximate surface area is 230 Å². The largest absolute Gasteiger partial charge is 0.490 e. The van der Waals surface area contributed by atoms with Crippen molar-refractivity contribution in [3.8, 4) is 5.75 Å². The molecule has 12 heteroatoms. The van der Waals surface area contributed by atoms with Crippen LogP contribution >= 0.6 is 23.2 Å². The van der Waals surface area contributed by atoms with Crippen LogP contribution in [0, 0.1) is 5.82 Å². The highest BCUT2D eigenvalue weighted by atomic mass is 35.5. The highest BCUT2D eigenvalue weighted by molar-refractivity contribution is 6.33. The molecule has 0 bridgehead atoms. The first kappa shape index (κ1) is 27.8. The Kier molecular flexibility index (Phi) is 9.57. The Morgan fingerprint density at radius 3 is 2.68 bits per heavy atom. The molecule has 9 nitrogen and oxygen atoms in total. The molecule has 202 valence electrons. The monoisotopic (exact) mass is 562 g/mol. The van der Waals surface area contributed by atoms with Crippen molar-refractivity contribution in [2.24, 2.45) is 0 Å². The van der Waals surface area contributed by atoms with Crippen LogP contribution in [0.15, 0.2) is 48.7 Å². The number of benzene rings is 2. The van der Waals surface area contributed by atoms with Crippen molar-refractivity contribution in [3.63, 3.8) is 0 Å². The van der Waals surface area contributed by atoms with Crippen molar-refractivity contribution in [2.45, 2.75) is 13.0 Å². The van der Waals surface area contributed by atoms with Gasteiger partial charge in [0.05, 0.1) is 13.2 Å². The summed E-state index contributed by atoms with van der Waals surface area (Å²) in [4.78, 5) is 26.1. The lowest BCUT2D eigenvalue weighted by Crippen LogP contribution is -2.44. The van der Waals surface area contributed by atoms with Crippen LogP contribution in [0.5, 0.6) is 5.75 Å². The van der Waals surface area contributed by atoms with Gasteiger partial charge in [-0.15, -0.1) is 0 Å². The smallest absolute Gasteiger partial charge is 0.413 e. The molecule has 3 aromatic rings. The zero-order valence-corrected chi connectivity index (χ0v) is 22.4. The predicted octanol–water partition coefficient (Wildman–Crippen LogP) is 5.37. The first-order valence-corrected chi connectivity index (χ1v) is 12.9. The number of likely N-dealkylation sites (N-methyl/N-ethyl adjacent to an activating group) is 1. The molecule has 0 spiro atoms. The molecule has 38 heavy (non-hydrogen) atoms. The van der Waals surface area contributed by atoms with Crippen molar-refractivity contribution in [2.75, 3.05) is 56.6 Å². The van der Waals surface area contributed by atoms with E-state index in [1.165, 1.54) is 18.3 Å². The number of aromatic nitrogens is 2. The second-order valence-corrected chi connectivity index (χ2v) is 9.80. The lowest BCUT2D eigenvalue weighted by Gasteiger charge is -2.32. The molecule has 1 fully saturated rings. The van der Waals surface area contributed by atoms with Crippen molar-refractivity contribution in [1.29, 1.82) is 0 Å². The number of nitrogens with zero attached hydrogens (tertiary/aromatic N) is 5. The van der Waals surface area contributed by atoms with E-state index in [9.17, 15) is 14.3 Å². The SMILES string of the molecule is CN1CCN(CCCOc2ccc(Nc3nccc(N(Cc4cc(Cl)ccc4Cl)C(=O)O)n3)cc2F)CC1. The average Bonchev–Trinajstić information content (AvgIpc) is 2.89. The fourth-order valence-corrected chi connectivity index (χ4v) is 4.38. The molecule has 0 saturated carbocycles. The fourth-order valence-electron chi connectivity index (χ4n) is 4.01. The van der Waals surface area contributed by atoms with Gasteiger partial charge in [0.1, 0.15) is 5.82 Å². The first-order chi connectivity index (χ1) is 18.3. The van der Waals surface area contributed by atoms with Gasteiger partial charge in [0.15, 0.2) is 11.6 Å². The quantitative estimate of drug-likeness (QED) is 0.318. The molecule has 1 aliphatic heterocycles. The Balaban J connectivity index is 1.36. The van der Waals surface area contributed by atoms with E-state index >= 15 is 0 Å². The van der Waals surface area contributed by atoms with Crippen LogP contribution in [-0.2, 0) is 6.54 Å². The molecule has 1 aliphatic rings. The van der Waals surface area contributed by atoms with Crippen molar-refractivity contribution in [1.82, 2.24) is 19.8 Å². The summed E-state index contributed by atoms with van der Waals surface area (Å²) >= 11 is 12.2. The Morgan fingerprint density at radius 2 is 1.95 bits per heavy atom. The van der Waals surface area contributed by atoms with Crippen LogP contribution < -0.4 is 15.0 Å². The second kappa shape index (κ2) is 13.1. The van der Waals surface area contributed by atoms with Gasteiger partial charge >= 0.3 is 6.09 Å². The zero-order valence-electron chi connectivity index (χ0n) is 20.9. The summed E-state index contributed by atoms with van der Waals surface area (Å²) in [6.45, 7) is 5.45. The normalized spacial score (nSPS) is 14.3. The van der Waals surface area contributed by atoms with Crippen LogP contribution in [0.4, 0.5) is 26.6 Å². The van der Waals surface area contributed by atoms with Crippen LogP contribution in [0.2, 0.25) is 10.0 Å². The van der Waals surface area contributed by atoms with E-state index in [4.69, 9.17) is 27.9 Å². The average molecular weight is 563 g/mol. The molecule has 4 rings (SSSR count). The molecule has 0 aliphatic carbocycles. The molecule has 2 heterocycles. The van der Waals surface area contributed by atoms with Crippen LogP contribution in [0.3, 0.4) is 0 Å². The number of ether oxygens (including phenoxy) is 1. The number of anilines is 3. The van der Waals surface area contributed by atoms with Crippen LogP contribution in [-0.4, -0.2) is 77.3 Å². The summed E-state index contributed by atoms with van der Waals surface area (Å²) in [7, 11) is 2.12. The molecule has 0 unspecified atom stereocenters. The number of carbonyl (C=O) groups is 1. The number of hydrogen-bond donors (Lipinski definition) is 2. The maximum atomic E-state index is 14.7. The van der Waals surface area contributed by atoms with Crippen molar-refractivity contribution >= 4 is 46.7 Å². The lowest BCUT2D eigenvalue weighted by molar-refractivity contribution is 0.145. The van der Waals surface area contributed by atoms with E-state index in [0.29, 0.717) is 27.9 Å². The number of hydrogen-bond acceptors (Lipinski definition) is 7. The van der Waals surface area contributed by atoms with Crippen molar-refractivity contribution in [3.05, 3.63) is 70.1 Å². The first-order valence-electron chi connectivity index (χ1n) is 12.2. The Hall–Kier alpha value is -3.18. The Bertz CT molecular complexity index is 1260. The molecule has 1 amide bonds. The summed E-state index contributed by atoms with van der Waals surface area (Å²) in [5.41, 5.74) is 0.917. The van der Waals surface area contributed by atoms with Crippen LogP contribution in [0.1, 0.15) is 12.0 Å². The van der Waals surface area contributed by atoms with Gasteiger partial charge in [-0.1, -0.05) is 23.2 Å². The topological polar surface area (TPSA) is 94.1 Å². The van der Waals surface area contributed by atoms with Gasteiger partial charge < -0.3 is 25.0 Å². The highest BCUT2D eigenvalue weighted by Gasteiger charge is 2.19. The summed E-state index contributed by atoms with van der Waals surface area (Å²) in [6.07, 6.45) is 0.990. The molecule has 0 radical (unpaired) electrons. The van der Waals surface area contributed by atoms with Gasteiger partial charge in [-0.3, -0.25) is 4.90 Å². The molecule has 1 saturated heterocycles. The van der Waals surface area contributed by atoms with Gasteiger partial charge in [-0.2, -0.15) is 4.98 Å². The van der Waals surface area contributed by atoms with E-state index in [1.54, 1.807) is 30.3 Å². The number of halogens is 3. The third-order valence-corrected chi connectivity index (χ3v) is 6.75. The zero-order chi connectivity index (χ0) is 27.1. The number of rotatable bonds is 10. The maximum absolute atomic E-state index is 14.7. The highest BCUT2D eigenvalue weighted by Crippen LogP contribution is 2.26. The molecular formula is C26H29Cl2FN6O3. The van der Waals surface area contributed by atoms with Gasteiger partial charge in [0.2, 0.25) is 5.95 Å². The number of piperazine rings is 1.